The van der Waals surface area contributed by atoms with E-state index < -0.39 is 28.8 Å². The number of nitrogens with two attached hydrogens (primary N) is 1. The van der Waals surface area contributed by atoms with E-state index in [1.165, 1.54) is 19.2 Å². The molecule has 6 nitrogen and oxygen atoms in total. The second-order valence-electron chi connectivity index (χ2n) is 3.90. The van der Waals surface area contributed by atoms with Crippen molar-refractivity contribution in [1.29, 1.82) is 0 Å². The Balaban J connectivity index is 2.84. The molecular weight excluding hydrogens is 299 g/mol. The summed E-state index contributed by atoms with van der Waals surface area (Å²) in [4.78, 5) is -0.179. The minimum Gasteiger partial charge on any atom is -0.398 e. The number of rotatable bonds is 5. The number of aliphatic hydroxyl groups excluding tert-OH is 1. The summed E-state index contributed by atoms with van der Waals surface area (Å²) in [6.07, 6.45) is -7.25. The first-order valence-corrected chi connectivity index (χ1v) is 6.88. The Morgan fingerprint density at radius 2 is 2.00 bits per heavy atom. The molecule has 0 amide bonds. The molecule has 0 saturated heterocycles. The average Bonchev–Trinajstić information content (AvgIpc) is 2.34. The van der Waals surface area contributed by atoms with Crippen molar-refractivity contribution < 1.29 is 26.7 Å². The van der Waals surface area contributed by atoms with Gasteiger partial charge in [-0.1, -0.05) is 0 Å². The summed E-state index contributed by atoms with van der Waals surface area (Å²) in [6, 6.07) is 3.58. The smallest absolute Gasteiger partial charge is 0.398 e. The van der Waals surface area contributed by atoms with Crippen LogP contribution in [0.5, 0.6) is 0 Å². The van der Waals surface area contributed by atoms with Crippen molar-refractivity contribution in [3.63, 3.8) is 0 Å². The van der Waals surface area contributed by atoms with E-state index in [-0.39, 0.29) is 16.3 Å². The molecule has 114 valence electrons. The highest BCUT2D eigenvalue weighted by molar-refractivity contribution is 7.89. The largest absolute Gasteiger partial charge is 0.416 e. The average molecular weight is 313 g/mol. The van der Waals surface area contributed by atoms with Crippen LogP contribution >= 0.6 is 0 Å². The van der Waals surface area contributed by atoms with E-state index >= 15 is 0 Å². The molecule has 0 aliphatic heterocycles. The predicted octanol–water partition coefficient (Wildman–Crippen LogP) is 0.512. The molecule has 0 aromatic heterocycles. The highest BCUT2D eigenvalue weighted by atomic mass is 32.2. The maximum Gasteiger partial charge on any atom is 0.416 e. The van der Waals surface area contributed by atoms with Gasteiger partial charge in [0.25, 0.3) is 0 Å². The van der Waals surface area contributed by atoms with Crippen LogP contribution in [0.1, 0.15) is 0 Å². The van der Waals surface area contributed by atoms with Crippen molar-refractivity contribution in [2.45, 2.75) is 17.2 Å². The van der Waals surface area contributed by atoms with Crippen LogP contribution in [0.3, 0.4) is 0 Å². The number of hydrogen-bond acceptors (Lipinski definition) is 5. The van der Waals surface area contributed by atoms with Gasteiger partial charge >= 0.3 is 6.18 Å². The van der Waals surface area contributed by atoms with Crippen molar-refractivity contribution in [2.24, 2.45) is 0 Å². The van der Waals surface area contributed by atoms with Gasteiger partial charge in [0.15, 0.2) is 6.10 Å². The highest BCUT2D eigenvalue weighted by Crippen LogP contribution is 2.24. The van der Waals surface area contributed by atoms with Gasteiger partial charge in [0.1, 0.15) is 4.90 Å². The number of anilines is 2. The van der Waals surface area contributed by atoms with E-state index in [1.807, 2.05) is 0 Å². The molecule has 1 aromatic rings. The minimum absolute atomic E-state index is 0.120. The Hall–Kier alpha value is -1.52. The topological polar surface area (TPSA) is 104 Å². The van der Waals surface area contributed by atoms with Gasteiger partial charge in [-0.3, -0.25) is 0 Å². The van der Waals surface area contributed by atoms with E-state index in [1.54, 1.807) is 0 Å². The summed E-state index contributed by atoms with van der Waals surface area (Å²) in [5, 5.41) is 11.1. The normalized spacial score (nSPS) is 14.1. The number of benzene rings is 1. The van der Waals surface area contributed by atoms with Gasteiger partial charge in [0.2, 0.25) is 10.0 Å². The number of nitrogen functional groups attached to an aromatic ring is 1. The van der Waals surface area contributed by atoms with Crippen LogP contribution < -0.4 is 15.8 Å². The Morgan fingerprint density at radius 3 is 2.45 bits per heavy atom. The number of nitrogens with one attached hydrogen (secondary N) is 2. The van der Waals surface area contributed by atoms with Crippen LogP contribution in [0.15, 0.2) is 23.1 Å². The van der Waals surface area contributed by atoms with Crippen molar-refractivity contribution >= 4 is 21.4 Å². The standard InChI is InChI=1S/C10H14F3N3O3S/c1-15-20(18,19)8-3-2-6(4-7(8)14)16-5-9(17)10(11,12)13/h2-4,9,15-17H,5,14H2,1H3. The molecule has 1 rings (SSSR count). The Bertz CT molecular complexity index is 575. The van der Waals surface area contributed by atoms with Crippen molar-refractivity contribution in [3.05, 3.63) is 18.2 Å². The first kappa shape index (κ1) is 16.5. The van der Waals surface area contributed by atoms with Gasteiger partial charge in [0, 0.05) is 12.2 Å². The van der Waals surface area contributed by atoms with Crippen LogP contribution in [-0.4, -0.2) is 39.4 Å². The fraction of sp³-hybridized carbons (Fsp3) is 0.400. The van der Waals surface area contributed by atoms with E-state index in [9.17, 15) is 21.6 Å². The van der Waals surface area contributed by atoms with Gasteiger partial charge in [-0.05, 0) is 25.2 Å². The lowest BCUT2D eigenvalue weighted by molar-refractivity contribution is -0.198. The second-order valence-corrected chi connectivity index (χ2v) is 5.75. The van der Waals surface area contributed by atoms with E-state index in [0.29, 0.717) is 0 Å². The Kier molecular flexibility index (Phi) is 4.84. The molecule has 1 atom stereocenters. The number of aliphatic hydroxyl groups is 1. The van der Waals surface area contributed by atoms with E-state index in [0.717, 1.165) is 6.07 Å². The van der Waals surface area contributed by atoms with E-state index in [2.05, 4.69) is 10.0 Å². The quantitative estimate of drug-likeness (QED) is 0.593. The molecule has 20 heavy (non-hydrogen) atoms. The molecule has 1 aromatic carbocycles. The highest BCUT2D eigenvalue weighted by Gasteiger charge is 2.37. The zero-order valence-electron chi connectivity index (χ0n) is 10.4. The Labute approximate surface area is 113 Å². The minimum atomic E-state index is -4.73. The molecular formula is C10H14F3N3O3S. The maximum absolute atomic E-state index is 12.1. The van der Waals surface area contributed by atoms with E-state index in [4.69, 9.17) is 10.8 Å². The SMILES string of the molecule is CNS(=O)(=O)c1ccc(NCC(O)C(F)(F)F)cc1N. The summed E-state index contributed by atoms with van der Waals surface area (Å²) < 4.78 is 61.4. The molecule has 10 heteroatoms. The fourth-order valence-electron chi connectivity index (χ4n) is 1.34. The van der Waals surface area contributed by atoms with Crippen molar-refractivity contribution in [2.75, 3.05) is 24.6 Å². The van der Waals surface area contributed by atoms with Gasteiger partial charge in [-0.15, -0.1) is 0 Å². The fourth-order valence-corrected chi connectivity index (χ4v) is 2.18. The number of alkyl halides is 3. The van der Waals surface area contributed by atoms with Crippen molar-refractivity contribution in [1.82, 2.24) is 4.72 Å². The molecule has 0 radical (unpaired) electrons. The van der Waals surface area contributed by atoms with Gasteiger partial charge < -0.3 is 16.2 Å². The molecule has 0 aliphatic rings. The maximum atomic E-state index is 12.1. The van der Waals surface area contributed by atoms with Gasteiger partial charge in [0.05, 0.1) is 5.69 Å². The third-order valence-corrected chi connectivity index (χ3v) is 3.93. The van der Waals surface area contributed by atoms with Crippen LogP contribution in [0.2, 0.25) is 0 Å². The molecule has 0 spiro atoms. The summed E-state index contributed by atoms with van der Waals surface area (Å²) in [7, 11) is -2.52. The lowest BCUT2D eigenvalue weighted by Crippen LogP contribution is -2.35. The third kappa shape index (κ3) is 3.99. The van der Waals surface area contributed by atoms with Crippen LogP contribution in [0.4, 0.5) is 24.5 Å². The lowest BCUT2D eigenvalue weighted by atomic mass is 10.2. The summed E-state index contributed by atoms with van der Waals surface area (Å²) in [5.74, 6) is 0. The first-order valence-electron chi connectivity index (χ1n) is 5.39. The first-order chi connectivity index (χ1) is 9.08. The lowest BCUT2D eigenvalue weighted by Gasteiger charge is -2.16. The van der Waals surface area contributed by atoms with Gasteiger partial charge in [-0.25, -0.2) is 13.1 Å². The van der Waals surface area contributed by atoms with Crippen LogP contribution in [0, 0.1) is 0 Å². The molecule has 0 saturated carbocycles. The van der Waals surface area contributed by atoms with Crippen LogP contribution in [-0.2, 0) is 10.0 Å². The third-order valence-electron chi connectivity index (χ3n) is 2.45. The zero-order valence-corrected chi connectivity index (χ0v) is 11.2. The predicted molar refractivity (Wildman–Crippen MR) is 67.7 cm³/mol. The van der Waals surface area contributed by atoms with Crippen molar-refractivity contribution in [3.8, 4) is 0 Å². The molecule has 0 fully saturated rings. The number of halogens is 3. The summed E-state index contributed by atoms with van der Waals surface area (Å²) in [6.45, 7) is -0.763. The number of hydrogen-bond donors (Lipinski definition) is 4. The summed E-state index contributed by atoms with van der Waals surface area (Å²) in [5.41, 5.74) is 5.58. The molecule has 0 bridgehead atoms. The molecule has 0 heterocycles. The van der Waals surface area contributed by atoms with Crippen LogP contribution in [0.25, 0.3) is 0 Å². The molecule has 1 unspecified atom stereocenters. The Morgan fingerprint density at radius 1 is 1.40 bits per heavy atom. The zero-order chi connectivity index (χ0) is 15.6. The monoisotopic (exact) mass is 313 g/mol. The number of sulfonamides is 1. The molecule has 0 aliphatic carbocycles. The second kappa shape index (κ2) is 5.85. The molecule has 5 N–H and O–H groups in total. The van der Waals surface area contributed by atoms with Gasteiger partial charge in [-0.2, -0.15) is 13.2 Å². The summed E-state index contributed by atoms with van der Waals surface area (Å²) >= 11 is 0.